The zero-order valence-corrected chi connectivity index (χ0v) is 9.84. The van der Waals surface area contributed by atoms with Gasteiger partial charge in [0.1, 0.15) is 6.29 Å². The van der Waals surface area contributed by atoms with E-state index in [0.717, 1.165) is 18.4 Å². The average molecular weight is 225 g/mol. The van der Waals surface area contributed by atoms with E-state index < -0.39 is 0 Å². The summed E-state index contributed by atoms with van der Waals surface area (Å²) in [5.41, 5.74) is 3.02. The fourth-order valence-corrected chi connectivity index (χ4v) is 1.59. The molecule has 0 fully saturated rings. The molecule has 2 nitrogen and oxygen atoms in total. The van der Waals surface area contributed by atoms with Crippen LogP contribution >= 0.6 is 0 Å². The molecule has 0 aliphatic carbocycles. The Morgan fingerprint density at radius 2 is 1.82 bits per heavy atom. The summed E-state index contributed by atoms with van der Waals surface area (Å²) in [5, 5.41) is 0. The molecular weight excluding hydrogens is 210 g/mol. The monoisotopic (exact) mass is 225 g/mol. The van der Waals surface area contributed by atoms with E-state index in [1.165, 1.54) is 5.57 Å². The third kappa shape index (κ3) is 3.18. The molecule has 1 aromatic carbocycles. The minimum absolute atomic E-state index is 0.709. The Bertz CT molecular complexity index is 480. The number of benzene rings is 1. The number of allylic oxidation sites excluding steroid dienone is 3. The van der Waals surface area contributed by atoms with Crippen molar-refractivity contribution >= 4 is 12.4 Å². The molecule has 1 heterocycles. The summed E-state index contributed by atoms with van der Waals surface area (Å²) in [7, 11) is 2.05. The predicted molar refractivity (Wildman–Crippen MR) is 70.7 cm³/mol. The van der Waals surface area contributed by atoms with E-state index in [9.17, 15) is 4.79 Å². The third-order valence-electron chi connectivity index (χ3n) is 2.68. The molecule has 0 radical (unpaired) electrons. The van der Waals surface area contributed by atoms with Crippen LogP contribution in [0.4, 0.5) is 0 Å². The van der Waals surface area contributed by atoms with Gasteiger partial charge in [0, 0.05) is 19.2 Å². The van der Waals surface area contributed by atoms with E-state index in [1.807, 2.05) is 31.3 Å². The first-order valence-electron chi connectivity index (χ1n) is 5.60. The number of rotatable bonds is 3. The number of hydrogen-bond donors (Lipinski definition) is 0. The van der Waals surface area contributed by atoms with E-state index >= 15 is 0 Å². The van der Waals surface area contributed by atoms with Crippen molar-refractivity contribution in [2.24, 2.45) is 0 Å². The second-order valence-corrected chi connectivity index (χ2v) is 4.08. The molecule has 17 heavy (non-hydrogen) atoms. The van der Waals surface area contributed by atoms with Gasteiger partial charge in [-0.15, -0.1) is 0 Å². The molecule has 0 N–H and O–H groups in total. The van der Waals surface area contributed by atoms with Crippen molar-refractivity contribution in [2.75, 3.05) is 13.6 Å². The van der Waals surface area contributed by atoms with Gasteiger partial charge in [-0.05, 0) is 23.4 Å². The van der Waals surface area contributed by atoms with Gasteiger partial charge in [-0.2, -0.15) is 0 Å². The van der Waals surface area contributed by atoms with Gasteiger partial charge in [-0.25, -0.2) is 0 Å². The number of nitrogens with zero attached hydrogens (tertiary/aromatic N) is 1. The highest BCUT2D eigenvalue weighted by Crippen LogP contribution is 2.10. The van der Waals surface area contributed by atoms with Crippen LogP contribution in [-0.4, -0.2) is 24.8 Å². The minimum atomic E-state index is 0.709. The lowest BCUT2D eigenvalue weighted by Crippen LogP contribution is -2.12. The molecule has 0 saturated carbocycles. The second-order valence-electron chi connectivity index (χ2n) is 4.08. The maximum absolute atomic E-state index is 10.5. The quantitative estimate of drug-likeness (QED) is 0.737. The summed E-state index contributed by atoms with van der Waals surface area (Å²) >= 11 is 0. The Labute approximate surface area is 102 Å². The van der Waals surface area contributed by atoms with Crippen molar-refractivity contribution < 1.29 is 4.79 Å². The first-order chi connectivity index (χ1) is 8.28. The van der Waals surface area contributed by atoms with Gasteiger partial charge in [-0.3, -0.25) is 4.79 Å². The van der Waals surface area contributed by atoms with Crippen molar-refractivity contribution in [1.82, 2.24) is 4.90 Å². The topological polar surface area (TPSA) is 20.3 Å². The Morgan fingerprint density at radius 1 is 1.12 bits per heavy atom. The molecule has 0 unspecified atom stereocenters. The molecule has 86 valence electrons. The second kappa shape index (κ2) is 5.30. The Kier molecular flexibility index (Phi) is 3.55. The summed E-state index contributed by atoms with van der Waals surface area (Å²) in [5.74, 6) is 0. The third-order valence-corrected chi connectivity index (χ3v) is 2.68. The lowest BCUT2D eigenvalue weighted by atomic mass is 10.1. The molecule has 2 rings (SSSR count). The number of aldehydes is 1. The SMILES string of the molecule is CN1C=CC(/C=C/c2ccc(C=O)cc2)=CC1. The fraction of sp³-hybridized carbons (Fsp3) is 0.133. The molecule has 0 aromatic heterocycles. The lowest BCUT2D eigenvalue weighted by Gasteiger charge is -2.15. The van der Waals surface area contributed by atoms with Crippen molar-refractivity contribution in [3.8, 4) is 0 Å². The number of carbonyl (C=O) groups excluding carboxylic acids is 1. The van der Waals surface area contributed by atoms with Crippen LogP contribution in [0.3, 0.4) is 0 Å². The summed E-state index contributed by atoms with van der Waals surface area (Å²) in [6.07, 6.45) is 11.3. The van der Waals surface area contributed by atoms with Crippen LogP contribution in [-0.2, 0) is 0 Å². The van der Waals surface area contributed by atoms with Gasteiger partial charge in [0.15, 0.2) is 0 Å². The molecular formula is C15H15NO. The molecule has 1 aliphatic rings. The maximum Gasteiger partial charge on any atom is 0.150 e. The van der Waals surface area contributed by atoms with Crippen LogP contribution in [0.2, 0.25) is 0 Å². The number of hydrogen-bond acceptors (Lipinski definition) is 2. The number of likely N-dealkylation sites (N-methyl/N-ethyl adjacent to an activating group) is 1. The van der Waals surface area contributed by atoms with E-state index in [0.29, 0.717) is 5.56 Å². The molecule has 0 atom stereocenters. The molecule has 0 saturated heterocycles. The van der Waals surface area contributed by atoms with Crippen LogP contribution in [0.5, 0.6) is 0 Å². The van der Waals surface area contributed by atoms with Gasteiger partial charge < -0.3 is 4.90 Å². The minimum Gasteiger partial charge on any atom is -0.377 e. The van der Waals surface area contributed by atoms with Crippen molar-refractivity contribution in [3.63, 3.8) is 0 Å². The molecule has 1 aromatic rings. The van der Waals surface area contributed by atoms with Crippen LogP contribution < -0.4 is 0 Å². The highest BCUT2D eigenvalue weighted by atomic mass is 16.1. The van der Waals surface area contributed by atoms with Gasteiger partial charge in [0.05, 0.1) is 0 Å². The van der Waals surface area contributed by atoms with Gasteiger partial charge in [-0.1, -0.05) is 42.5 Å². The van der Waals surface area contributed by atoms with Crippen LogP contribution in [0.15, 0.2) is 54.3 Å². The summed E-state index contributed by atoms with van der Waals surface area (Å²) in [4.78, 5) is 12.6. The van der Waals surface area contributed by atoms with E-state index in [1.54, 1.807) is 0 Å². The predicted octanol–water partition coefficient (Wildman–Crippen LogP) is 2.90. The highest BCUT2D eigenvalue weighted by molar-refractivity contribution is 5.75. The summed E-state index contributed by atoms with van der Waals surface area (Å²) in [6, 6.07) is 7.54. The van der Waals surface area contributed by atoms with Gasteiger partial charge in [0.2, 0.25) is 0 Å². The smallest absolute Gasteiger partial charge is 0.150 e. The van der Waals surface area contributed by atoms with E-state index in [-0.39, 0.29) is 0 Å². The molecule has 0 amide bonds. The molecule has 1 aliphatic heterocycles. The average Bonchev–Trinajstić information content (AvgIpc) is 2.39. The van der Waals surface area contributed by atoms with E-state index in [2.05, 4.69) is 35.4 Å². The fourth-order valence-electron chi connectivity index (χ4n) is 1.59. The lowest BCUT2D eigenvalue weighted by molar-refractivity contribution is 0.112. The summed E-state index contributed by atoms with van der Waals surface area (Å²) < 4.78 is 0. The Hall–Kier alpha value is -2.09. The van der Waals surface area contributed by atoms with Crippen LogP contribution in [0.1, 0.15) is 15.9 Å². The van der Waals surface area contributed by atoms with Gasteiger partial charge >= 0.3 is 0 Å². The van der Waals surface area contributed by atoms with Crippen molar-refractivity contribution in [1.29, 1.82) is 0 Å². The maximum atomic E-state index is 10.5. The largest absolute Gasteiger partial charge is 0.377 e. The Morgan fingerprint density at radius 3 is 2.41 bits per heavy atom. The summed E-state index contributed by atoms with van der Waals surface area (Å²) in [6.45, 7) is 0.945. The first kappa shape index (κ1) is 11.4. The normalized spacial score (nSPS) is 15.1. The number of carbonyl (C=O) groups is 1. The van der Waals surface area contributed by atoms with Crippen LogP contribution in [0.25, 0.3) is 6.08 Å². The standard InChI is InChI=1S/C15H15NO/c1-16-10-8-14(9-11-16)3-2-13-4-6-15(12-17)7-5-13/h2-10,12H,11H2,1H3/b3-2+. The highest BCUT2D eigenvalue weighted by Gasteiger charge is 1.96. The zero-order valence-electron chi connectivity index (χ0n) is 9.84. The van der Waals surface area contributed by atoms with Crippen molar-refractivity contribution in [3.05, 3.63) is 65.4 Å². The zero-order chi connectivity index (χ0) is 12.1. The molecule has 2 heteroatoms. The molecule has 0 bridgehead atoms. The van der Waals surface area contributed by atoms with E-state index in [4.69, 9.17) is 0 Å². The Balaban J connectivity index is 2.05. The van der Waals surface area contributed by atoms with Crippen LogP contribution in [0, 0.1) is 0 Å². The first-order valence-corrected chi connectivity index (χ1v) is 5.60. The molecule has 0 spiro atoms. The van der Waals surface area contributed by atoms with Crippen molar-refractivity contribution in [2.45, 2.75) is 0 Å². The van der Waals surface area contributed by atoms with Gasteiger partial charge in [0.25, 0.3) is 0 Å².